The summed E-state index contributed by atoms with van der Waals surface area (Å²) in [6.07, 6.45) is 2.42. The van der Waals surface area contributed by atoms with Crippen molar-refractivity contribution in [2.45, 2.75) is 42.4 Å². The molecular formula is C18H22N4O3S2. The third kappa shape index (κ3) is 5.75. The SMILES string of the molecule is CC(=O)Nc1ccc(C(=O)[C@@H](C)Sc2nnc(NC[C@@H]3CCCO3)s2)cc1. The van der Waals surface area contributed by atoms with E-state index in [0.717, 1.165) is 35.5 Å². The van der Waals surface area contributed by atoms with Crippen LogP contribution in [0, 0.1) is 0 Å². The van der Waals surface area contributed by atoms with Crippen molar-refractivity contribution in [3.05, 3.63) is 29.8 Å². The molecule has 1 saturated heterocycles. The van der Waals surface area contributed by atoms with E-state index in [1.54, 1.807) is 24.3 Å². The molecule has 1 aliphatic heterocycles. The third-order valence-electron chi connectivity index (χ3n) is 4.05. The number of rotatable bonds is 8. The van der Waals surface area contributed by atoms with Gasteiger partial charge in [-0.3, -0.25) is 9.59 Å². The maximum absolute atomic E-state index is 12.6. The Labute approximate surface area is 166 Å². The summed E-state index contributed by atoms with van der Waals surface area (Å²) < 4.78 is 6.33. The van der Waals surface area contributed by atoms with Gasteiger partial charge in [-0.2, -0.15) is 0 Å². The number of hydrogen-bond donors (Lipinski definition) is 2. The maximum atomic E-state index is 12.6. The van der Waals surface area contributed by atoms with Crippen LogP contribution in [0.25, 0.3) is 0 Å². The van der Waals surface area contributed by atoms with E-state index in [0.29, 0.717) is 11.3 Å². The molecule has 1 aliphatic rings. The Morgan fingerprint density at radius 2 is 2.11 bits per heavy atom. The van der Waals surface area contributed by atoms with Crippen molar-refractivity contribution in [1.29, 1.82) is 0 Å². The summed E-state index contributed by atoms with van der Waals surface area (Å²) >= 11 is 2.84. The molecule has 27 heavy (non-hydrogen) atoms. The van der Waals surface area contributed by atoms with Crippen molar-refractivity contribution in [2.75, 3.05) is 23.8 Å². The van der Waals surface area contributed by atoms with E-state index in [1.807, 2.05) is 6.92 Å². The van der Waals surface area contributed by atoms with Gasteiger partial charge in [0.05, 0.1) is 11.4 Å². The summed E-state index contributed by atoms with van der Waals surface area (Å²) in [4.78, 5) is 23.7. The van der Waals surface area contributed by atoms with Crippen LogP contribution in [0.3, 0.4) is 0 Å². The van der Waals surface area contributed by atoms with Crippen molar-refractivity contribution in [2.24, 2.45) is 0 Å². The average Bonchev–Trinajstić information content (AvgIpc) is 3.31. The molecule has 1 fully saturated rings. The summed E-state index contributed by atoms with van der Waals surface area (Å²) in [7, 11) is 0. The molecule has 0 aliphatic carbocycles. The minimum atomic E-state index is -0.282. The predicted molar refractivity (Wildman–Crippen MR) is 108 cm³/mol. The predicted octanol–water partition coefficient (Wildman–Crippen LogP) is 3.45. The first-order valence-corrected chi connectivity index (χ1v) is 10.5. The van der Waals surface area contributed by atoms with Gasteiger partial charge in [0.15, 0.2) is 10.1 Å². The van der Waals surface area contributed by atoms with Gasteiger partial charge in [0.25, 0.3) is 0 Å². The van der Waals surface area contributed by atoms with Crippen LogP contribution in [0.5, 0.6) is 0 Å². The number of ether oxygens (including phenoxy) is 1. The molecule has 1 aromatic carbocycles. The average molecular weight is 407 g/mol. The molecule has 7 nitrogen and oxygen atoms in total. The molecule has 0 saturated carbocycles. The third-order valence-corrected chi connectivity index (χ3v) is 6.11. The highest BCUT2D eigenvalue weighted by molar-refractivity contribution is 8.02. The van der Waals surface area contributed by atoms with Gasteiger partial charge in [-0.15, -0.1) is 10.2 Å². The highest BCUT2D eigenvalue weighted by Crippen LogP contribution is 2.30. The van der Waals surface area contributed by atoms with Gasteiger partial charge in [0.1, 0.15) is 0 Å². The van der Waals surface area contributed by atoms with Gasteiger partial charge in [-0.1, -0.05) is 23.1 Å². The van der Waals surface area contributed by atoms with Gasteiger partial charge in [-0.25, -0.2) is 0 Å². The van der Waals surface area contributed by atoms with Crippen molar-refractivity contribution in [3.63, 3.8) is 0 Å². The second-order valence-corrected chi connectivity index (χ2v) is 8.84. The zero-order valence-electron chi connectivity index (χ0n) is 15.2. The van der Waals surface area contributed by atoms with E-state index in [2.05, 4.69) is 20.8 Å². The van der Waals surface area contributed by atoms with E-state index in [9.17, 15) is 9.59 Å². The lowest BCUT2D eigenvalue weighted by atomic mass is 10.1. The largest absolute Gasteiger partial charge is 0.376 e. The minimum absolute atomic E-state index is 0.0124. The van der Waals surface area contributed by atoms with Crippen molar-refractivity contribution in [3.8, 4) is 0 Å². The summed E-state index contributed by atoms with van der Waals surface area (Å²) in [5, 5.41) is 14.7. The molecule has 1 aromatic heterocycles. The lowest BCUT2D eigenvalue weighted by Gasteiger charge is -2.09. The second-order valence-electron chi connectivity index (χ2n) is 6.27. The van der Waals surface area contributed by atoms with Crippen LogP contribution in [-0.4, -0.2) is 46.4 Å². The second kappa shape index (κ2) is 9.29. The van der Waals surface area contributed by atoms with Gasteiger partial charge in [-0.05, 0) is 44.0 Å². The van der Waals surface area contributed by atoms with Crippen LogP contribution in [0.4, 0.5) is 10.8 Å². The Balaban J connectivity index is 1.52. The molecule has 0 bridgehead atoms. The summed E-state index contributed by atoms with van der Waals surface area (Å²) in [5.74, 6) is -0.128. The van der Waals surface area contributed by atoms with Crippen LogP contribution >= 0.6 is 23.1 Å². The summed E-state index contributed by atoms with van der Waals surface area (Å²) in [6, 6.07) is 6.90. The number of carbonyl (C=O) groups excluding carboxylic acids is 2. The monoisotopic (exact) mass is 406 g/mol. The first kappa shape index (κ1) is 19.8. The highest BCUT2D eigenvalue weighted by Gasteiger charge is 2.20. The fraction of sp³-hybridized carbons (Fsp3) is 0.444. The van der Waals surface area contributed by atoms with Crippen molar-refractivity contribution >= 4 is 45.6 Å². The number of Topliss-reactive ketones (excluding diaryl/α,β-unsaturated/α-hetero) is 1. The number of aromatic nitrogens is 2. The number of thioether (sulfide) groups is 1. The molecule has 2 aromatic rings. The van der Waals surface area contributed by atoms with Crippen LogP contribution in [-0.2, 0) is 9.53 Å². The number of nitrogens with one attached hydrogen (secondary N) is 2. The van der Waals surface area contributed by atoms with Gasteiger partial charge in [0.2, 0.25) is 11.0 Å². The molecule has 0 spiro atoms. The Hall–Kier alpha value is -1.97. The molecule has 2 heterocycles. The number of anilines is 2. The fourth-order valence-corrected chi connectivity index (χ4v) is 4.68. The number of nitrogens with zero attached hydrogens (tertiary/aromatic N) is 2. The summed E-state index contributed by atoms with van der Waals surface area (Å²) in [6.45, 7) is 4.86. The topological polar surface area (TPSA) is 93.2 Å². The fourth-order valence-electron chi connectivity index (χ4n) is 2.70. The van der Waals surface area contributed by atoms with Crippen LogP contribution in [0.15, 0.2) is 28.6 Å². The van der Waals surface area contributed by atoms with Crippen molar-refractivity contribution in [1.82, 2.24) is 10.2 Å². The first-order valence-electron chi connectivity index (χ1n) is 8.79. The number of ketones is 1. The summed E-state index contributed by atoms with van der Waals surface area (Å²) in [5.41, 5.74) is 1.27. The smallest absolute Gasteiger partial charge is 0.221 e. The van der Waals surface area contributed by atoms with E-state index >= 15 is 0 Å². The lowest BCUT2D eigenvalue weighted by molar-refractivity contribution is -0.114. The molecular weight excluding hydrogens is 384 g/mol. The number of hydrogen-bond acceptors (Lipinski definition) is 8. The highest BCUT2D eigenvalue weighted by atomic mass is 32.2. The van der Waals surface area contributed by atoms with Crippen LogP contribution < -0.4 is 10.6 Å². The first-order chi connectivity index (χ1) is 13.0. The standard InChI is InChI=1S/C18H22N4O3S2/c1-11(16(24)13-5-7-14(8-6-13)20-12(2)23)26-18-22-21-17(27-18)19-10-15-4-3-9-25-15/h5-8,11,15H,3-4,9-10H2,1-2H3,(H,19,21)(H,20,23)/t11-,15+/m1/s1. The Kier molecular flexibility index (Phi) is 6.81. The van der Waals surface area contributed by atoms with Gasteiger partial charge in [0, 0.05) is 31.3 Å². The zero-order valence-corrected chi connectivity index (χ0v) is 16.9. The molecule has 2 N–H and O–H groups in total. The van der Waals surface area contributed by atoms with Gasteiger partial charge < -0.3 is 15.4 Å². The molecule has 144 valence electrons. The quantitative estimate of drug-likeness (QED) is 0.512. The molecule has 2 atom stereocenters. The Bertz CT molecular complexity index is 788. The number of carbonyl (C=O) groups is 2. The molecule has 1 amide bonds. The van der Waals surface area contributed by atoms with Gasteiger partial charge >= 0.3 is 0 Å². The normalized spacial score (nSPS) is 17.5. The van der Waals surface area contributed by atoms with E-state index < -0.39 is 0 Å². The van der Waals surface area contributed by atoms with Crippen molar-refractivity contribution < 1.29 is 14.3 Å². The number of amides is 1. The molecule has 0 unspecified atom stereocenters. The molecule has 3 rings (SSSR count). The maximum Gasteiger partial charge on any atom is 0.221 e. The zero-order chi connectivity index (χ0) is 19.2. The molecule has 0 radical (unpaired) electrons. The van der Waals surface area contributed by atoms with Crippen LogP contribution in [0.2, 0.25) is 0 Å². The number of benzene rings is 1. The van der Waals surface area contributed by atoms with E-state index in [1.165, 1.54) is 30.0 Å². The van der Waals surface area contributed by atoms with E-state index in [-0.39, 0.29) is 23.0 Å². The Morgan fingerprint density at radius 1 is 1.33 bits per heavy atom. The minimum Gasteiger partial charge on any atom is -0.376 e. The van der Waals surface area contributed by atoms with E-state index in [4.69, 9.17) is 4.74 Å². The van der Waals surface area contributed by atoms with Crippen LogP contribution in [0.1, 0.15) is 37.0 Å². The Morgan fingerprint density at radius 3 is 2.78 bits per heavy atom. The molecule has 9 heteroatoms. The lowest BCUT2D eigenvalue weighted by Crippen LogP contribution is -2.18.